The van der Waals surface area contributed by atoms with Gasteiger partial charge in [-0.2, -0.15) is 8.42 Å². The molecule has 7 nitrogen and oxygen atoms in total. The summed E-state index contributed by atoms with van der Waals surface area (Å²) in [6.45, 7) is 3.96. The fourth-order valence-electron chi connectivity index (χ4n) is 2.97. The Labute approximate surface area is 190 Å². The van der Waals surface area contributed by atoms with Crippen LogP contribution in [0, 0.1) is 0 Å². The summed E-state index contributed by atoms with van der Waals surface area (Å²) < 4.78 is 29.3. The van der Waals surface area contributed by atoms with E-state index in [0.29, 0.717) is 10.7 Å². The molecule has 1 atom stereocenters. The van der Waals surface area contributed by atoms with Crippen LogP contribution in [0.3, 0.4) is 0 Å². The first-order valence-electron chi connectivity index (χ1n) is 9.71. The molecule has 31 heavy (non-hydrogen) atoms. The molecule has 3 rings (SSSR count). The van der Waals surface area contributed by atoms with E-state index >= 15 is 0 Å². The van der Waals surface area contributed by atoms with Gasteiger partial charge in [0, 0.05) is 23.7 Å². The van der Waals surface area contributed by atoms with Crippen molar-refractivity contribution in [2.75, 3.05) is 11.9 Å². The lowest BCUT2D eigenvalue weighted by Crippen LogP contribution is -2.33. The van der Waals surface area contributed by atoms with Crippen LogP contribution in [0.25, 0.3) is 0 Å². The zero-order chi connectivity index (χ0) is 22.6. The molecule has 0 spiro atoms. The molecule has 164 valence electrons. The number of anilines is 1. The third kappa shape index (κ3) is 5.66. The number of thioether (sulfide) groups is 1. The third-order valence-electron chi connectivity index (χ3n) is 4.66. The summed E-state index contributed by atoms with van der Waals surface area (Å²) in [6.07, 6.45) is 0.690. The molecule has 0 bridgehead atoms. The first-order chi connectivity index (χ1) is 14.7. The molecule has 1 aliphatic rings. The Hall–Kier alpha value is -2.36. The van der Waals surface area contributed by atoms with Gasteiger partial charge < -0.3 is 5.32 Å². The van der Waals surface area contributed by atoms with Crippen molar-refractivity contribution < 1.29 is 18.0 Å². The summed E-state index contributed by atoms with van der Waals surface area (Å²) >= 11 is 6.82. The summed E-state index contributed by atoms with van der Waals surface area (Å²) in [4.78, 5) is 26.5. The van der Waals surface area contributed by atoms with E-state index < -0.39 is 15.3 Å². The van der Waals surface area contributed by atoms with Gasteiger partial charge in [-0.3, -0.25) is 14.5 Å². The predicted molar refractivity (Wildman–Crippen MR) is 124 cm³/mol. The standard InChI is InChI=1S/C21H22ClN3O4S2/c1-3-14-5-11-17(12-6-14)31(28,29)24-21-25(4-2)20(27)18(30-21)13-19(26)23-16-9-7-15(22)8-10-16/h5-12,18H,3-4,13H2,1-2H3,(H,23,26)/t18-/m0/s1. The summed E-state index contributed by atoms with van der Waals surface area (Å²) in [7, 11) is -3.98. The number of hydrogen-bond donors (Lipinski definition) is 1. The number of benzene rings is 2. The Morgan fingerprint density at radius 1 is 1.13 bits per heavy atom. The van der Waals surface area contributed by atoms with Gasteiger partial charge in [0.15, 0.2) is 5.17 Å². The second kappa shape index (κ2) is 9.84. The SMILES string of the molecule is CCc1ccc(S(=O)(=O)N=C2S[C@@H](CC(=O)Nc3ccc(Cl)cc3)C(=O)N2CC)cc1. The minimum atomic E-state index is -3.98. The number of hydrogen-bond acceptors (Lipinski definition) is 5. The van der Waals surface area contributed by atoms with Crippen molar-refractivity contribution in [3.8, 4) is 0 Å². The lowest BCUT2D eigenvalue weighted by molar-refractivity contribution is -0.128. The molecule has 1 aliphatic heterocycles. The monoisotopic (exact) mass is 479 g/mol. The normalized spacial score (nSPS) is 17.9. The first-order valence-corrected chi connectivity index (χ1v) is 12.4. The zero-order valence-corrected chi connectivity index (χ0v) is 19.4. The molecule has 0 aromatic heterocycles. The van der Waals surface area contributed by atoms with Crippen LogP contribution in [0.5, 0.6) is 0 Å². The first kappa shape index (κ1) is 23.3. The maximum absolute atomic E-state index is 12.7. The van der Waals surface area contributed by atoms with Crippen molar-refractivity contribution in [2.24, 2.45) is 4.40 Å². The zero-order valence-electron chi connectivity index (χ0n) is 17.0. The smallest absolute Gasteiger partial charge is 0.284 e. The minimum absolute atomic E-state index is 0.0604. The Morgan fingerprint density at radius 2 is 1.77 bits per heavy atom. The van der Waals surface area contributed by atoms with Gasteiger partial charge in [-0.25, -0.2) is 0 Å². The van der Waals surface area contributed by atoms with Crippen LogP contribution < -0.4 is 5.32 Å². The molecule has 0 unspecified atom stereocenters. The minimum Gasteiger partial charge on any atom is -0.326 e. The van der Waals surface area contributed by atoms with E-state index in [1.807, 2.05) is 6.92 Å². The van der Waals surface area contributed by atoms with E-state index in [9.17, 15) is 18.0 Å². The molecule has 1 heterocycles. The van der Waals surface area contributed by atoms with Crippen LogP contribution in [0.1, 0.15) is 25.8 Å². The number of carbonyl (C=O) groups is 2. The average Bonchev–Trinajstić information content (AvgIpc) is 3.02. The van der Waals surface area contributed by atoms with Gasteiger partial charge in [-0.15, -0.1) is 4.40 Å². The van der Waals surface area contributed by atoms with Gasteiger partial charge in [0.1, 0.15) is 5.25 Å². The van der Waals surface area contributed by atoms with E-state index in [1.54, 1.807) is 43.3 Å². The molecule has 1 fully saturated rings. The van der Waals surface area contributed by atoms with Crippen molar-refractivity contribution in [3.63, 3.8) is 0 Å². The molecular weight excluding hydrogens is 458 g/mol. The van der Waals surface area contributed by atoms with Crippen molar-refractivity contribution in [3.05, 3.63) is 59.1 Å². The Bertz CT molecular complexity index is 1100. The van der Waals surface area contributed by atoms with Crippen molar-refractivity contribution in [1.82, 2.24) is 4.90 Å². The molecule has 2 aromatic rings. The van der Waals surface area contributed by atoms with Crippen LogP contribution in [0.4, 0.5) is 5.69 Å². The van der Waals surface area contributed by atoms with Crippen molar-refractivity contribution in [2.45, 2.75) is 36.8 Å². The van der Waals surface area contributed by atoms with Crippen LogP contribution >= 0.6 is 23.4 Å². The molecule has 10 heteroatoms. The number of amidine groups is 1. The molecule has 0 radical (unpaired) electrons. The van der Waals surface area contributed by atoms with Gasteiger partial charge in [-0.1, -0.05) is 42.4 Å². The number of rotatable bonds is 7. The Balaban J connectivity index is 1.75. The van der Waals surface area contributed by atoms with Gasteiger partial charge in [-0.05, 0) is 55.3 Å². The highest BCUT2D eigenvalue weighted by Gasteiger charge is 2.39. The fourth-order valence-corrected chi connectivity index (χ4v) is 5.51. The lowest BCUT2D eigenvalue weighted by Gasteiger charge is -2.13. The molecular formula is C21H22ClN3O4S2. The van der Waals surface area contributed by atoms with Crippen molar-refractivity contribution in [1.29, 1.82) is 0 Å². The molecule has 1 saturated heterocycles. The average molecular weight is 480 g/mol. The summed E-state index contributed by atoms with van der Waals surface area (Å²) in [5, 5.41) is 2.59. The third-order valence-corrected chi connectivity index (χ3v) is 7.49. The molecule has 1 N–H and O–H groups in total. The maximum atomic E-state index is 12.7. The van der Waals surface area contributed by atoms with E-state index in [2.05, 4.69) is 9.71 Å². The van der Waals surface area contributed by atoms with Gasteiger partial charge in [0.2, 0.25) is 11.8 Å². The highest BCUT2D eigenvalue weighted by Crippen LogP contribution is 2.31. The summed E-state index contributed by atoms with van der Waals surface area (Å²) in [6, 6.07) is 13.1. The predicted octanol–water partition coefficient (Wildman–Crippen LogP) is 3.94. The molecule has 2 aromatic carbocycles. The number of sulfonamides is 1. The van der Waals surface area contributed by atoms with Gasteiger partial charge in [0.25, 0.3) is 10.0 Å². The molecule has 2 amide bonds. The quantitative estimate of drug-likeness (QED) is 0.648. The number of nitrogens with zero attached hydrogens (tertiary/aromatic N) is 2. The number of aryl methyl sites for hydroxylation is 1. The van der Waals surface area contributed by atoms with Crippen LogP contribution in [0.2, 0.25) is 5.02 Å². The number of carbonyl (C=O) groups excluding carboxylic acids is 2. The van der Waals surface area contributed by atoms with Crippen LogP contribution in [-0.2, 0) is 26.0 Å². The van der Waals surface area contributed by atoms with Crippen LogP contribution in [0.15, 0.2) is 57.8 Å². The summed E-state index contributed by atoms with van der Waals surface area (Å²) in [5.41, 5.74) is 1.57. The fraction of sp³-hybridized carbons (Fsp3) is 0.286. The van der Waals surface area contributed by atoms with E-state index in [0.717, 1.165) is 23.7 Å². The number of halogens is 1. The number of amides is 2. The molecule has 0 aliphatic carbocycles. The number of nitrogens with one attached hydrogen (secondary N) is 1. The highest BCUT2D eigenvalue weighted by molar-refractivity contribution is 8.16. The lowest BCUT2D eigenvalue weighted by atomic mass is 10.2. The second-order valence-electron chi connectivity index (χ2n) is 6.79. The largest absolute Gasteiger partial charge is 0.326 e. The Kier molecular flexibility index (Phi) is 7.40. The Morgan fingerprint density at radius 3 is 2.35 bits per heavy atom. The van der Waals surface area contributed by atoms with Crippen LogP contribution in [-0.4, -0.2) is 42.1 Å². The van der Waals surface area contributed by atoms with E-state index in [1.165, 1.54) is 17.0 Å². The highest BCUT2D eigenvalue weighted by atomic mass is 35.5. The topological polar surface area (TPSA) is 95.9 Å². The molecule has 0 saturated carbocycles. The van der Waals surface area contributed by atoms with Gasteiger partial charge in [0.05, 0.1) is 4.90 Å². The van der Waals surface area contributed by atoms with E-state index in [-0.39, 0.29) is 34.8 Å². The van der Waals surface area contributed by atoms with Gasteiger partial charge >= 0.3 is 0 Å². The second-order valence-corrected chi connectivity index (χ2v) is 10.0. The van der Waals surface area contributed by atoms with E-state index in [4.69, 9.17) is 11.6 Å². The van der Waals surface area contributed by atoms with Crippen molar-refractivity contribution >= 4 is 56.1 Å². The summed E-state index contributed by atoms with van der Waals surface area (Å²) in [5.74, 6) is -0.697. The maximum Gasteiger partial charge on any atom is 0.284 e.